The lowest BCUT2D eigenvalue weighted by atomic mass is 10.1. The maximum Gasteiger partial charge on any atom is 0.255 e. The number of nitrogens with zero attached hydrogens (tertiary/aromatic N) is 1. The van der Waals surface area contributed by atoms with E-state index in [1.165, 1.54) is 0 Å². The molecule has 0 aliphatic heterocycles. The van der Waals surface area contributed by atoms with Crippen LogP contribution in [0.1, 0.15) is 21.6 Å². The van der Waals surface area contributed by atoms with Crippen molar-refractivity contribution in [1.82, 2.24) is 4.98 Å². The van der Waals surface area contributed by atoms with Gasteiger partial charge in [-0.25, -0.2) is 4.98 Å². The number of benzene rings is 1. The molecule has 0 saturated heterocycles. The molecule has 19 heavy (non-hydrogen) atoms. The minimum absolute atomic E-state index is 0.190. The number of nitrogens with two attached hydrogens (primary N) is 1. The molecule has 5 heteroatoms. The summed E-state index contributed by atoms with van der Waals surface area (Å²) in [6.45, 7) is 3.63. The van der Waals surface area contributed by atoms with Gasteiger partial charge in [0.2, 0.25) is 0 Å². The molecule has 3 N–H and O–H groups in total. The van der Waals surface area contributed by atoms with Crippen LogP contribution in [0.15, 0.2) is 30.3 Å². The molecule has 4 nitrogen and oxygen atoms in total. The summed E-state index contributed by atoms with van der Waals surface area (Å²) in [6.07, 6.45) is 0. The lowest BCUT2D eigenvalue weighted by molar-refractivity contribution is 0.102. The summed E-state index contributed by atoms with van der Waals surface area (Å²) >= 11 is 5.78. The highest BCUT2D eigenvalue weighted by Gasteiger charge is 2.11. The summed E-state index contributed by atoms with van der Waals surface area (Å²) in [5.74, 6) is -0.190. The van der Waals surface area contributed by atoms with Crippen molar-refractivity contribution in [3.05, 3.63) is 52.3 Å². The van der Waals surface area contributed by atoms with Gasteiger partial charge in [0.25, 0.3) is 5.91 Å². The number of carbonyl (C=O) groups excluding carboxylic acids is 1. The van der Waals surface area contributed by atoms with E-state index in [-0.39, 0.29) is 5.91 Å². The summed E-state index contributed by atoms with van der Waals surface area (Å²) in [7, 11) is 0. The molecule has 1 heterocycles. The molecule has 0 spiro atoms. The first-order valence-corrected chi connectivity index (χ1v) is 6.16. The molecule has 0 unspecified atom stereocenters. The van der Waals surface area contributed by atoms with Crippen molar-refractivity contribution in [2.24, 2.45) is 0 Å². The second-order valence-corrected chi connectivity index (χ2v) is 4.68. The number of rotatable bonds is 2. The Morgan fingerprint density at radius 1 is 1.26 bits per heavy atom. The van der Waals surface area contributed by atoms with Crippen LogP contribution >= 0.6 is 11.6 Å². The van der Waals surface area contributed by atoms with Gasteiger partial charge >= 0.3 is 0 Å². The average Bonchev–Trinajstić information content (AvgIpc) is 2.32. The fraction of sp³-hybridized carbons (Fsp3) is 0.143. The Kier molecular flexibility index (Phi) is 3.71. The van der Waals surface area contributed by atoms with Gasteiger partial charge < -0.3 is 11.1 Å². The summed E-state index contributed by atoms with van der Waals surface area (Å²) in [6, 6.07) is 8.55. The standard InChI is InChI=1S/C14H14ClN3O/c1-8-7-10(16)3-4-11(8)14(19)18-12-5-6-13(15)17-9(12)2/h3-7H,16H2,1-2H3,(H,18,19). The molecule has 0 saturated carbocycles. The molecule has 1 aromatic heterocycles. The predicted octanol–water partition coefficient (Wildman–Crippen LogP) is 3.19. The van der Waals surface area contributed by atoms with Gasteiger partial charge in [-0.2, -0.15) is 0 Å². The third kappa shape index (κ3) is 3.03. The molecule has 0 radical (unpaired) electrons. The zero-order valence-electron chi connectivity index (χ0n) is 10.7. The number of nitrogens with one attached hydrogen (secondary N) is 1. The zero-order valence-corrected chi connectivity index (χ0v) is 11.5. The van der Waals surface area contributed by atoms with E-state index in [1.54, 1.807) is 37.3 Å². The number of halogens is 1. The molecule has 0 bridgehead atoms. The van der Waals surface area contributed by atoms with Crippen molar-refractivity contribution in [3.63, 3.8) is 0 Å². The van der Waals surface area contributed by atoms with Crippen LogP contribution in [-0.2, 0) is 0 Å². The number of aromatic nitrogens is 1. The largest absolute Gasteiger partial charge is 0.399 e. The number of hydrogen-bond donors (Lipinski definition) is 2. The zero-order chi connectivity index (χ0) is 14.0. The fourth-order valence-corrected chi connectivity index (χ4v) is 1.98. The quantitative estimate of drug-likeness (QED) is 0.653. The number of nitrogen functional groups attached to an aromatic ring is 1. The highest BCUT2D eigenvalue weighted by Crippen LogP contribution is 2.18. The lowest BCUT2D eigenvalue weighted by Crippen LogP contribution is -2.14. The SMILES string of the molecule is Cc1cc(N)ccc1C(=O)Nc1ccc(Cl)nc1C. The molecular formula is C14H14ClN3O. The number of hydrogen-bond acceptors (Lipinski definition) is 3. The van der Waals surface area contributed by atoms with E-state index in [0.717, 1.165) is 5.56 Å². The maximum atomic E-state index is 12.2. The normalized spacial score (nSPS) is 10.3. The maximum absolute atomic E-state index is 12.2. The van der Waals surface area contributed by atoms with Gasteiger partial charge in [0, 0.05) is 11.3 Å². The van der Waals surface area contributed by atoms with Crippen LogP contribution in [0.5, 0.6) is 0 Å². The molecule has 1 aromatic carbocycles. The predicted molar refractivity (Wildman–Crippen MR) is 77.5 cm³/mol. The molecule has 1 amide bonds. The highest BCUT2D eigenvalue weighted by molar-refractivity contribution is 6.29. The second-order valence-electron chi connectivity index (χ2n) is 4.30. The van der Waals surface area contributed by atoms with Crippen LogP contribution in [0.3, 0.4) is 0 Å². The number of carbonyl (C=O) groups is 1. The van der Waals surface area contributed by atoms with E-state index in [9.17, 15) is 4.79 Å². The lowest BCUT2D eigenvalue weighted by Gasteiger charge is -2.10. The Balaban J connectivity index is 2.25. The van der Waals surface area contributed by atoms with Crippen molar-refractivity contribution in [2.75, 3.05) is 11.1 Å². The highest BCUT2D eigenvalue weighted by atomic mass is 35.5. The molecule has 0 fully saturated rings. The van der Waals surface area contributed by atoms with E-state index in [0.29, 0.717) is 27.8 Å². The van der Waals surface area contributed by atoms with Crippen molar-refractivity contribution in [1.29, 1.82) is 0 Å². The van der Waals surface area contributed by atoms with Gasteiger partial charge in [-0.1, -0.05) is 11.6 Å². The second kappa shape index (κ2) is 5.28. The average molecular weight is 276 g/mol. The van der Waals surface area contributed by atoms with Crippen molar-refractivity contribution in [3.8, 4) is 0 Å². The van der Waals surface area contributed by atoms with Gasteiger partial charge in [-0.15, -0.1) is 0 Å². The van der Waals surface area contributed by atoms with Crippen LogP contribution in [-0.4, -0.2) is 10.9 Å². The number of pyridine rings is 1. The summed E-state index contributed by atoms with van der Waals surface area (Å²) in [4.78, 5) is 16.3. The summed E-state index contributed by atoms with van der Waals surface area (Å²) in [5.41, 5.74) is 9.04. The van der Waals surface area contributed by atoms with Gasteiger partial charge in [0.05, 0.1) is 11.4 Å². The Bertz CT molecular complexity index is 641. The van der Waals surface area contributed by atoms with Gasteiger partial charge in [-0.3, -0.25) is 4.79 Å². The molecule has 98 valence electrons. The van der Waals surface area contributed by atoms with Gasteiger partial charge in [0.1, 0.15) is 5.15 Å². The fourth-order valence-electron chi connectivity index (χ4n) is 1.79. The van der Waals surface area contributed by atoms with Crippen LogP contribution in [0.25, 0.3) is 0 Å². The molecule has 2 aromatic rings. The molecule has 0 aliphatic carbocycles. The molecule has 2 rings (SSSR count). The first-order chi connectivity index (χ1) is 8.97. The smallest absolute Gasteiger partial charge is 0.255 e. The van der Waals surface area contributed by atoms with E-state index in [2.05, 4.69) is 10.3 Å². The van der Waals surface area contributed by atoms with Crippen LogP contribution < -0.4 is 11.1 Å². The van der Waals surface area contributed by atoms with E-state index >= 15 is 0 Å². The Morgan fingerprint density at radius 3 is 2.63 bits per heavy atom. The number of aryl methyl sites for hydroxylation is 2. The Hall–Kier alpha value is -2.07. The van der Waals surface area contributed by atoms with Crippen molar-refractivity contribution < 1.29 is 4.79 Å². The van der Waals surface area contributed by atoms with Crippen molar-refractivity contribution >= 4 is 28.9 Å². The number of amides is 1. The van der Waals surface area contributed by atoms with E-state index in [4.69, 9.17) is 17.3 Å². The third-order valence-electron chi connectivity index (χ3n) is 2.80. The molecular weight excluding hydrogens is 262 g/mol. The summed E-state index contributed by atoms with van der Waals surface area (Å²) < 4.78 is 0. The van der Waals surface area contributed by atoms with Crippen LogP contribution in [0, 0.1) is 13.8 Å². The topological polar surface area (TPSA) is 68.0 Å². The van der Waals surface area contributed by atoms with Gasteiger partial charge in [0.15, 0.2) is 0 Å². The minimum atomic E-state index is -0.190. The van der Waals surface area contributed by atoms with Crippen molar-refractivity contribution in [2.45, 2.75) is 13.8 Å². The monoisotopic (exact) mass is 275 g/mol. The Labute approximate surface area is 116 Å². The first-order valence-electron chi connectivity index (χ1n) is 5.78. The summed E-state index contributed by atoms with van der Waals surface area (Å²) in [5, 5.41) is 3.22. The first kappa shape index (κ1) is 13.4. The van der Waals surface area contributed by atoms with Crippen LogP contribution in [0.2, 0.25) is 5.15 Å². The minimum Gasteiger partial charge on any atom is -0.399 e. The molecule has 0 aliphatic rings. The number of anilines is 2. The van der Waals surface area contributed by atoms with Crippen LogP contribution in [0.4, 0.5) is 11.4 Å². The third-order valence-corrected chi connectivity index (χ3v) is 3.01. The molecule has 0 atom stereocenters. The van der Waals surface area contributed by atoms with E-state index < -0.39 is 0 Å². The van der Waals surface area contributed by atoms with E-state index in [1.807, 2.05) is 6.92 Å². The van der Waals surface area contributed by atoms with Gasteiger partial charge in [-0.05, 0) is 49.7 Å². The Morgan fingerprint density at radius 2 is 2.00 bits per heavy atom.